The van der Waals surface area contributed by atoms with Gasteiger partial charge >= 0.3 is 0 Å². The Morgan fingerprint density at radius 3 is 1.43 bits per heavy atom. The number of ether oxygens (including phenoxy) is 2. The van der Waals surface area contributed by atoms with E-state index in [9.17, 15) is 0 Å². The van der Waals surface area contributed by atoms with E-state index in [4.69, 9.17) is 9.47 Å². The first-order valence-electron chi connectivity index (χ1n) is 10.7. The summed E-state index contributed by atoms with van der Waals surface area (Å²) in [6, 6.07) is 26.2. The summed E-state index contributed by atoms with van der Waals surface area (Å²) in [7, 11) is 0. The third-order valence-electron chi connectivity index (χ3n) is 6.42. The first-order chi connectivity index (χ1) is 14.7. The van der Waals surface area contributed by atoms with Gasteiger partial charge in [0, 0.05) is 36.3 Å². The van der Waals surface area contributed by atoms with Crippen LogP contribution in [0.3, 0.4) is 0 Å². The van der Waals surface area contributed by atoms with E-state index >= 15 is 0 Å². The van der Waals surface area contributed by atoms with E-state index < -0.39 is 0 Å². The van der Waals surface area contributed by atoms with E-state index in [1.165, 1.54) is 22.3 Å². The largest absolute Gasteiger partial charge is 0.478 e. The molecule has 0 amide bonds. The minimum Gasteiger partial charge on any atom is -0.478 e. The van der Waals surface area contributed by atoms with Gasteiger partial charge in [-0.2, -0.15) is 0 Å². The molecule has 0 bridgehead atoms. The summed E-state index contributed by atoms with van der Waals surface area (Å²) in [5.74, 6) is 1.98. The Labute approximate surface area is 178 Å². The number of nitrogens with zero attached hydrogens (tertiary/aromatic N) is 2. The van der Waals surface area contributed by atoms with Gasteiger partial charge in [0.15, 0.2) is 0 Å². The maximum absolute atomic E-state index is 6.18. The van der Waals surface area contributed by atoms with Crippen molar-refractivity contribution in [1.82, 2.24) is 9.80 Å². The molecule has 0 saturated carbocycles. The van der Waals surface area contributed by atoms with Crippen molar-refractivity contribution in [3.05, 3.63) is 95.1 Å². The van der Waals surface area contributed by atoms with Crippen LogP contribution in [-0.4, -0.2) is 23.3 Å². The van der Waals surface area contributed by atoms with Crippen LogP contribution >= 0.6 is 0 Å². The fourth-order valence-corrected chi connectivity index (χ4v) is 4.38. The molecule has 0 aromatic heterocycles. The van der Waals surface area contributed by atoms with Gasteiger partial charge in [0.1, 0.15) is 25.0 Å². The molecule has 4 nitrogen and oxygen atoms in total. The van der Waals surface area contributed by atoms with Gasteiger partial charge in [0.2, 0.25) is 0 Å². The van der Waals surface area contributed by atoms with E-state index in [0.29, 0.717) is 25.5 Å². The van der Waals surface area contributed by atoms with Crippen LogP contribution in [0.1, 0.15) is 48.2 Å². The molecule has 4 heteroatoms. The lowest BCUT2D eigenvalue weighted by Gasteiger charge is -2.37. The van der Waals surface area contributed by atoms with Crippen molar-refractivity contribution in [1.29, 1.82) is 0 Å². The molecular formula is C26H28N2O2. The summed E-state index contributed by atoms with van der Waals surface area (Å²) >= 11 is 0. The van der Waals surface area contributed by atoms with E-state index in [1.54, 1.807) is 0 Å². The average Bonchev–Trinajstić information content (AvgIpc) is 2.82. The van der Waals surface area contributed by atoms with E-state index in [-0.39, 0.29) is 0 Å². The molecule has 2 aliphatic rings. The molecule has 30 heavy (non-hydrogen) atoms. The van der Waals surface area contributed by atoms with Gasteiger partial charge in [0.25, 0.3) is 0 Å². The molecule has 0 fully saturated rings. The van der Waals surface area contributed by atoms with Crippen molar-refractivity contribution in [2.45, 2.75) is 39.0 Å². The van der Waals surface area contributed by atoms with Crippen LogP contribution in [0.15, 0.2) is 72.8 Å². The van der Waals surface area contributed by atoms with Gasteiger partial charge in [-0.25, -0.2) is 0 Å². The minimum absolute atomic E-state index is 0.304. The Balaban J connectivity index is 1.33. The van der Waals surface area contributed by atoms with Crippen LogP contribution in [0.25, 0.3) is 0 Å². The maximum atomic E-state index is 6.18. The summed E-state index contributed by atoms with van der Waals surface area (Å²) < 4.78 is 12.4. The summed E-state index contributed by atoms with van der Waals surface area (Å²) in [6.07, 6.45) is 0. The normalized spacial score (nSPS) is 18.5. The Morgan fingerprint density at radius 2 is 1.03 bits per heavy atom. The van der Waals surface area contributed by atoms with Crippen LogP contribution in [0, 0.1) is 0 Å². The molecule has 0 aliphatic carbocycles. The summed E-state index contributed by atoms with van der Waals surface area (Å²) in [6.45, 7) is 7.42. The lowest BCUT2D eigenvalue weighted by atomic mass is 10.0. The molecule has 5 rings (SSSR count). The molecule has 0 N–H and O–H groups in total. The zero-order valence-electron chi connectivity index (χ0n) is 17.6. The monoisotopic (exact) mass is 400 g/mol. The Morgan fingerprint density at radius 1 is 0.633 bits per heavy atom. The minimum atomic E-state index is 0.304. The first kappa shape index (κ1) is 19.2. The average molecular weight is 401 g/mol. The fourth-order valence-electron chi connectivity index (χ4n) is 4.38. The molecular weight excluding hydrogens is 372 g/mol. The number of hydrogen-bond donors (Lipinski definition) is 0. The molecule has 3 aromatic rings. The van der Waals surface area contributed by atoms with Crippen molar-refractivity contribution >= 4 is 0 Å². The lowest BCUT2D eigenvalue weighted by molar-refractivity contribution is 0.0526. The number of fused-ring (bicyclic) bond motifs is 2. The van der Waals surface area contributed by atoms with Crippen molar-refractivity contribution in [2.24, 2.45) is 0 Å². The number of hydrogen-bond acceptors (Lipinski definition) is 4. The second kappa shape index (κ2) is 8.13. The van der Waals surface area contributed by atoms with Gasteiger partial charge in [-0.1, -0.05) is 60.7 Å². The van der Waals surface area contributed by atoms with Crippen molar-refractivity contribution in [3.8, 4) is 11.5 Å². The van der Waals surface area contributed by atoms with E-state index in [1.807, 2.05) is 0 Å². The molecule has 2 heterocycles. The van der Waals surface area contributed by atoms with Gasteiger partial charge in [-0.15, -0.1) is 0 Å². The highest BCUT2D eigenvalue weighted by Gasteiger charge is 2.28. The maximum Gasteiger partial charge on any atom is 0.142 e. The van der Waals surface area contributed by atoms with Gasteiger partial charge in [0.05, 0.1) is 0 Å². The molecule has 154 valence electrons. The fraction of sp³-hybridized carbons (Fsp3) is 0.308. The quantitative estimate of drug-likeness (QED) is 0.576. The highest BCUT2D eigenvalue weighted by molar-refractivity contribution is 5.48. The predicted octanol–water partition coefficient (Wildman–Crippen LogP) is 5.51. The third kappa shape index (κ3) is 3.69. The number of rotatable bonds is 4. The van der Waals surface area contributed by atoms with Gasteiger partial charge in [-0.3, -0.25) is 9.80 Å². The molecule has 0 radical (unpaired) electrons. The van der Waals surface area contributed by atoms with Gasteiger partial charge in [-0.05, 0) is 37.1 Å². The van der Waals surface area contributed by atoms with Crippen LogP contribution < -0.4 is 9.47 Å². The van der Waals surface area contributed by atoms with Crippen LogP contribution in [0.4, 0.5) is 0 Å². The zero-order chi connectivity index (χ0) is 20.5. The predicted molar refractivity (Wildman–Crippen MR) is 118 cm³/mol. The van der Waals surface area contributed by atoms with Crippen molar-refractivity contribution in [2.75, 3.05) is 13.5 Å². The van der Waals surface area contributed by atoms with Crippen LogP contribution in [0.2, 0.25) is 0 Å². The molecule has 0 unspecified atom stereocenters. The molecule has 0 spiro atoms. The molecule has 2 atom stereocenters. The number of benzene rings is 3. The Hall–Kier alpha value is -2.82. The van der Waals surface area contributed by atoms with Crippen molar-refractivity contribution < 1.29 is 9.47 Å². The third-order valence-corrected chi connectivity index (χ3v) is 6.42. The highest BCUT2D eigenvalue weighted by Crippen LogP contribution is 2.38. The van der Waals surface area contributed by atoms with Crippen molar-refractivity contribution in [3.63, 3.8) is 0 Å². The first-order valence-corrected chi connectivity index (χ1v) is 10.7. The van der Waals surface area contributed by atoms with Gasteiger partial charge < -0.3 is 9.47 Å². The molecule has 0 saturated heterocycles. The topological polar surface area (TPSA) is 24.9 Å². The van der Waals surface area contributed by atoms with E-state index in [2.05, 4.69) is 96.4 Å². The summed E-state index contributed by atoms with van der Waals surface area (Å²) in [5.41, 5.74) is 5.02. The molecule has 3 aromatic carbocycles. The standard InChI is InChI=1S/C26H28N2O2/c1-19(21-9-5-3-6-10-21)27-15-23-13-26-24(14-25(23)29-17-27)16-28(18-30-26)20(2)22-11-7-4-8-12-22/h3-14,19-20H,15-18H2,1-2H3/t19-,20+. The second-order valence-electron chi connectivity index (χ2n) is 8.28. The zero-order valence-corrected chi connectivity index (χ0v) is 17.6. The Kier molecular flexibility index (Phi) is 5.19. The smallest absolute Gasteiger partial charge is 0.142 e. The summed E-state index contributed by atoms with van der Waals surface area (Å²) in [5, 5.41) is 0. The van der Waals surface area contributed by atoms with Crippen LogP contribution in [-0.2, 0) is 13.1 Å². The Bertz CT molecular complexity index is 923. The second-order valence-corrected chi connectivity index (χ2v) is 8.28. The lowest BCUT2D eigenvalue weighted by Crippen LogP contribution is -2.36. The summed E-state index contributed by atoms with van der Waals surface area (Å²) in [4.78, 5) is 4.72. The molecule has 2 aliphatic heterocycles. The van der Waals surface area contributed by atoms with Crippen LogP contribution in [0.5, 0.6) is 11.5 Å². The SMILES string of the molecule is C[C@H](c1ccccc1)N1COc2cc3c(cc2C1)OCN([C@@H](C)c1ccccc1)C3. The van der Waals surface area contributed by atoms with E-state index in [0.717, 1.165) is 24.6 Å². The highest BCUT2D eigenvalue weighted by atomic mass is 16.5.